The number of aliphatic hydroxyl groups excluding tert-OH is 1. The number of imidazole rings is 1. The first kappa shape index (κ1) is 15.6. The number of nitrogens with one attached hydrogen (secondary N) is 1. The van der Waals surface area contributed by atoms with E-state index in [9.17, 15) is 19.3 Å². The molecule has 12 nitrogen and oxygen atoms in total. The number of aliphatic hydroxyl groups is 1. The van der Waals surface area contributed by atoms with Gasteiger partial charge in [0.15, 0.2) is 17.4 Å². The van der Waals surface area contributed by atoms with Crippen LogP contribution in [0.2, 0.25) is 0 Å². The van der Waals surface area contributed by atoms with Crippen molar-refractivity contribution in [1.82, 2.24) is 19.5 Å². The first-order valence-electron chi connectivity index (χ1n) is 6.27. The van der Waals surface area contributed by atoms with Crippen LogP contribution in [0.25, 0.3) is 11.2 Å². The van der Waals surface area contributed by atoms with Gasteiger partial charge in [-0.15, -0.1) is 9.42 Å². The van der Waals surface area contributed by atoms with Gasteiger partial charge in [0.1, 0.15) is 18.8 Å². The summed E-state index contributed by atoms with van der Waals surface area (Å²) in [7, 11) is -2.89. The number of aromatic nitrogens is 4. The summed E-state index contributed by atoms with van der Waals surface area (Å²) in [6, 6.07) is 0. The van der Waals surface area contributed by atoms with Gasteiger partial charge in [0.25, 0.3) is 5.56 Å². The third-order valence-electron chi connectivity index (χ3n) is 3.24. The minimum Gasteiger partial charge on any atom is -0.382 e. The van der Waals surface area contributed by atoms with Gasteiger partial charge in [-0.05, 0) is 0 Å². The molecule has 2 aromatic rings. The van der Waals surface area contributed by atoms with Gasteiger partial charge >= 0.3 is 8.25 Å². The number of carbonyl (C=O) groups is 1. The topological polar surface area (TPSA) is 183 Å². The molecular weight excluding hydrogens is 333 g/mol. The summed E-state index contributed by atoms with van der Waals surface area (Å²) in [6.07, 6.45) is -2.87. The Morgan fingerprint density at radius 2 is 2.26 bits per heavy atom. The van der Waals surface area contributed by atoms with E-state index in [1.54, 1.807) is 0 Å². The second-order valence-corrected chi connectivity index (χ2v) is 5.42. The molecule has 1 fully saturated rings. The van der Waals surface area contributed by atoms with Crippen molar-refractivity contribution >= 4 is 31.2 Å². The molecule has 3 rings (SSSR count). The number of ketones is 1. The van der Waals surface area contributed by atoms with Crippen LogP contribution in [0.5, 0.6) is 0 Å². The molecule has 23 heavy (non-hydrogen) atoms. The average molecular weight is 344 g/mol. The predicted octanol–water partition coefficient (Wildman–Crippen LogP) is -1.80. The number of hydrogen-bond acceptors (Lipinski definition) is 9. The maximum atomic E-state index is 12.1. The van der Waals surface area contributed by atoms with Gasteiger partial charge in [-0.1, -0.05) is 0 Å². The first-order valence-corrected chi connectivity index (χ1v) is 7.40. The molecule has 1 saturated heterocycles. The van der Waals surface area contributed by atoms with E-state index in [4.69, 9.17) is 15.4 Å². The Bertz CT molecular complexity index is 848. The molecule has 5 N–H and O–H groups in total. The Kier molecular flexibility index (Phi) is 3.92. The van der Waals surface area contributed by atoms with E-state index in [-0.39, 0.29) is 17.1 Å². The lowest BCUT2D eigenvalue weighted by Gasteiger charge is -2.11. The molecule has 0 aromatic carbocycles. The van der Waals surface area contributed by atoms with Crippen molar-refractivity contribution in [2.75, 3.05) is 12.3 Å². The van der Waals surface area contributed by atoms with Gasteiger partial charge in [0, 0.05) is 4.57 Å². The quantitative estimate of drug-likeness (QED) is 0.461. The van der Waals surface area contributed by atoms with E-state index in [0.717, 1.165) is 10.9 Å². The molecular formula is C10H11N5O7P+. The Morgan fingerprint density at radius 1 is 1.52 bits per heavy atom. The molecule has 0 bridgehead atoms. The third kappa shape index (κ3) is 2.73. The molecule has 4 atom stereocenters. The number of ether oxygens (including phenoxy) is 1. The van der Waals surface area contributed by atoms with Crippen molar-refractivity contribution in [3.05, 3.63) is 16.7 Å². The summed E-state index contributed by atoms with van der Waals surface area (Å²) in [5.41, 5.74) is 4.82. The zero-order valence-corrected chi connectivity index (χ0v) is 12.2. The Morgan fingerprint density at radius 3 is 2.96 bits per heavy atom. The van der Waals surface area contributed by atoms with Gasteiger partial charge in [-0.3, -0.25) is 19.1 Å². The third-order valence-corrected chi connectivity index (χ3v) is 3.61. The minimum atomic E-state index is -2.89. The highest BCUT2D eigenvalue weighted by Gasteiger charge is 2.45. The van der Waals surface area contributed by atoms with Crippen LogP contribution in [0, 0.1) is 0 Å². The van der Waals surface area contributed by atoms with Gasteiger partial charge in [-0.2, -0.15) is 4.98 Å². The number of H-pyrrole nitrogens is 1. The summed E-state index contributed by atoms with van der Waals surface area (Å²) in [6.45, 7) is -0.460. The first-order chi connectivity index (χ1) is 10.9. The van der Waals surface area contributed by atoms with Crippen LogP contribution in [-0.4, -0.2) is 54.1 Å². The molecule has 0 radical (unpaired) electrons. The molecule has 1 aliphatic rings. The normalized spacial score (nSPS) is 25.2. The number of nitrogens with zero attached hydrogens (tertiary/aromatic N) is 3. The van der Waals surface area contributed by atoms with Crippen LogP contribution in [-0.2, 0) is 18.6 Å². The zero-order valence-electron chi connectivity index (χ0n) is 11.3. The number of carbonyl (C=O) groups excluding carboxylic acids is 1. The van der Waals surface area contributed by atoms with Crippen molar-refractivity contribution in [2.24, 2.45) is 0 Å². The average Bonchev–Trinajstić information content (AvgIpc) is 3.00. The second kappa shape index (κ2) is 5.76. The van der Waals surface area contributed by atoms with E-state index in [2.05, 4.69) is 19.5 Å². The van der Waals surface area contributed by atoms with Crippen LogP contribution in [0.15, 0.2) is 11.1 Å². The molecule has 0 aliphatic carbocycles. The van der Waals surface area contributed by atoms with E-state index in [0.29, 0.717) is 0 Å². The van der Waals surface area contributed by atoms with Crippen LogP contribution >= 0.6 is 8.25 Å². The van der Waals surface area contributed by atoms with Crippen LogP contribution in [0.3, 0.4) is 0 Å². The Labute approximate surface area is 127 Å². The van der Waals surface area contributed by atoms with Gasteiger partial charge < -0.3 is 15.6 Å². The van der Waals surface area contributed by atoms with Crippen LogP contribution in [0.4, 0.5) is 5.95 Å². The van der Waals surface area contributed by atoms with Crippen molar-refractivity contribution in [1.29, 1.82) is 0 Å². The molecule has 3 heterocycles. The highest BCUT2D eigenvalue weighted by atomic mass is 31.1. The summed E-state index contributed by atoms with van der Waals surface area (Å²) in [5.74, 6) is -0.904. The van der Waals surface area contributed by atoms with E-state index in [1.807, 2.05) is 0 Å². The number of nitrogens with two attached hydrogens (primary N) is 1. The zero-order chi connectivity index (χ0) is 16.7. The van der Waals surface area contributed by atoms with E-state index >= 15 is 0 Å². The number of anilines is 1. The second-order valence-electron chi connectivity index (χ2n) is 4.68. The molecule has 13 heteroatoms. The number of Topliss-reactive ketones (excluding diaryl/α,β-unsaturated/α-hetero) is 1. The highest BCUT2D eigenvalue weighted by molar-refractivity contribution is 7.32. The number of fused-ring (bicyclic) bond motifs is 1. The SMILES string of the molecule is Nc1nc2c(ncn2C2OC(CO[P+](=O)O)C(O)C2=O)c(=O)[nH]1. The molecule has 0 amide bonds. The van der Waals surface area contributed by atoms with E-state index in [1.165, 1.54) is 0 Å². The molecule has 1 aliphatic heterocycles. The van der Waals surface area contributed by atoms with Gasteiger partial charge in [0.2, 0.25) is 11.7 Å². The Hall–Kier alpha value is -2.24. The molecule has 4 unspecified atom stereocenters. The predicted molar refractivity (Wildman–Crippen MR) is 73.3 cm³/mol. The lowest BCUT2D eigenvalue weighted by molar-refractivity contribution is -0.130. The largest absolute Gasteiger partial charge is 0.694 e. The van der Waals surface area contributed by atoms with Crippen molar-refractivity contribution in [2.45, 2.75) is 18.4 Å². The molecule has 0 spiro atoms. The maximum Gasteiger partial charge on any atom is 0.694 e. The summed E-state index contributed by atoms with van der Waals surface area (Å²) in [5, 5.41) is 9.84. The molecule has 0 saturated carbocycles. The number of nitrogen functional groups attached to an aromatic ring is 1. The highest BCUT2D eigenvalue weighted by Crippen LogP contribution is 2.29. The summed E-state index contributed by atoms with van der Waals surface area (Å²) >= 11 is 0. The molecule has 2 aromatic heterocycles. The summed E-state index contributed by atoms with van der Waals surface area (Å²) in [4.78, 5) is 42.4. The lowest BCUT2D eigenvalue weighted by Crippen LogP contribution is -2.30. The number of rotatable bonds is 4. The Balaban J connectivity index is 1.94. The van der Waals surface area contributed by atoms with Crippen molar-refractivity contribution < 1.29 is 28.6 Å². The number of aromatic amines is 1. The fraction of sp³-hybridized carbons (Fsp3) is 0.400. The smallest absolute Gasteiger partial charge is 0.382 e. The van der Waals surface area contributed by atoms with Gasteiger partial charge in [-0.25, -0.2) is 4.98 Å². The minimum absolute atomic E-state index is 0.00611. The standard InChI is InChI=1S/C10H10N5O7P/c11-10-13-7-4(8(18)14-10)12-2-15(7)9-6(17)5(16)3(22-9)1-21-23(19)20/h2-3,5,9,16H,1H2,(H3-,11,13,14,18,19,20)/p+1. The fourth-order valence-electron chi connectivity index (χ4n) is 2.22. The van der Waals surface area contributed by atoms with Crippen LogP contribution in [0.1, 0.15) is 6.23 Å². The van der Waals surface area contributed by atoms with Gasteiger partial charge in [0.05, 0.1) is 6.33 Å². The fourth-order valence-corrected chi connectivity index (χ4v) is 2.50. The monoisotopic (exact) mass is 344 g/mol. The van der Waals surface area contributed by atoms with E-state index < -0.39 is 44.6 Å². The number of hydrogen-bond donors (Lipinski definition) is 4. The summed E-state index contributed by atoms with van der Waals surface area (Å²) < 4.78 is 21.5. The van der Waals surface area contributed by atoms with Crippen molar-refractivity contribution in [3.8, 4) is 0 Å². The van der Waals surface area contributed by atoms with Crippen LogP contribution < -0.4 is 11.3 Å². The van der Waals surface area contributed by atoms with Crippen molar-refractivity contribution in [3.63, 3.8) is 0 Å². The lowest BCUT2D eigenvalue weighted by atomic mass is 10.2. The molecule has 122 valence electrons. The maximum absolute atomic E-state index is 12.1.